The van der Waals surface area contributed by atoms with E-state index in [1.165, 1.54) is 5.56 Å². The van der Waals surface area contributed by atoms with Gasteiger partial charge < -0.3 is 14.4 Å². The van der Waals surface area contributed by atoms with Crippen molar-refractivity contribution in [3.05, 3.63) is 42.0 Å². The molecule has 5 nitrogen and oxygen atoms in total. The van der Waals surface area contributed by atoms with Crippen LogP contribution in [0.2, 0.25) is 0 Å². The molecule has 5 heteroatoms. The highest BCUT2D eigenvalue weighted by Gasteiger charge is 2.67. The third kappa shape index (κ3) is 2.04. The van der Waals surface area contributed by atoms with Gasteiger partial charge in [-0.05, 0) is 31.0 Å². The maximum atomic E-state index is 13.0. The van der Waals surface area contributed by atoms with Gasteiger partial charge in [-0.25, -0.2) is 0 Å². The highest BCUT2D eigenvalue weighted by molar-refractivity contribution is 6.02. The number of amides is 1. The SMILES string of the molecule is CCOC(=O)[C@@H]1[C@H]2C(=O)N(c3ccc(CC)cc3)C[C@@]23C=C[C@H]1O3. The van der Waals surface area contributed by atoms with Crippen LogP contribution in [0, 0.1) is 11.8 Å². The van der Waals surface area contributed by atoms with Crippen molar-refractivity contribution in [1.82, 2.24) is 0 Å². The predicted molar refractivity (Wildman–Crippen MR) is 88.5 cm³/mol. The molecule has 3 aliphatic heterocycles. The number of nitrogens with zero attached hydrogens (tertiary/aromatic N) is 1. The standard InChI is InChI=1S/C19H21NO4/c1-3-12-5-7-13(8-6-12)20-11-19-10-9-14(24-19)15(16(19)17(20)21)18(22)23-4-2/h5-10,14-16H,3-4,11H2,1-2H3/t14-,15+,16+,19+/m1/s1. The van der Waals surface area contributed by atoms with E-state index in [1.807, 2.05) is 36.4 Å². The molecule has 3 aliphatic rings. The zero-order chi connectivity index (χ0) is 16.9. The lowest BCUT2D eigenvalue weighted by atomic mass is 9.77. The molecule has 0 radical (unpaired) electrons. The maximum absolute atomic E-state index is 13.0. The first kappa shape index (κ1) is 15.4. The van der Waals surface area contributed by atoms with Crippen molar-refractivity contribution < 1.29 is 19.1 Å². The van der Waals surface area contributed by atoms with Gasteiger partial charge in [0.1, 0.15) is 11.5 Å². The van der Waals surface area contributed by atoms with Gasteiger partial charge in [-0.1, -0.05) is 31.2 Å². The van der Waals surface area contributed by atoms with Crippen molar-refractivity contribution in [3.8, 4) is 0 Å². The molecule has 0 N–H and O–H groups in total. The predicted octanol–water partition coefficient (Wildman–Crippen LogP) is 2.10. The lowest BCUT2D eigenvalue weighted by molar-refractivity contribution is -0.151. The molecule has 2 fully saturated rings. The van der Waals surface area contributed by atoms with E-state index in [4.69, 9.17) is 9.47 Å². The van der Waals surface area contributed by atoms with E-state index in [2.05, 4.69) is 6.92 Å². The Balaban J connectivity index is 1.65. The Morgan fingerprint density at radius 1 is 1.33 bits per heavy atom. The summed E-state index contributed by atoms with van der Waals surface area (Å²) in [6.07, 6.45) is 4.47. The Morgan fingerprint density at radius 2 is 2.08 bits per heavy atom. The Hall–Kier alpha value is -2.14. The molecule has 2 bridgehead atoms. The molecule has 4 rings (SSSR count). The van der Waals surface area contributed by atoms with Crippen LogP contribution in [0.25, 0.3) is 0 Å². The Morgan fingerprint density at radius 3 is 2.75 bits per heavy atom. The van der Waals surface area contributed by atoms with E-state index >= 15 is 0 Å². The largest absolute Gasteiger partial charge is 0.466 e. The van der Waals surface area contributed by atoms with Crippen molar-refractivity contribution >= 4 is 17.6 Å². The van der Waals surface area contributed by atoms with E-state index in [0.717, 1.165) is 12.1 Å². The Kier molecular flexibility index (Phi) is 3.49. The molecule has 0 aliphatic carbocycles. The number of esters is 1. The van der Waals surface area contributed by atoms with Crippen LogP contribution in [0.4, 0.5) is 5.69 Å². The molecular formula is C19H21NO4. The summed E-state index contributed by atoms with van der Waals surface area (Å²) in [6, 6.07) is 7.99. The molecule has 1 spiro atoms. The second-order valence-corrected chi connectivity index (χ2v) is 6.60. The van der Waals surface area contributed by atoms with Crippen LogP contribution in [-0.2, 0) is 25.5 Å². The number of ether oxygens (including phenoxy) is 2. The lowest BCUT2D eigenvalue weighted by Crippen LogP contribution is -2.40. The molecule has 0 unspecified atom stereocenters. The third-order valence-electron chi connectivity index (χ3n) is 5.32. The van der Waals surface area contributed by atoms with E-state index in [-0.39, 0.29) is 18.0 Å². The van der Waals surface area contributed by atoms with Crippen LogP contribution in [0.5, 0.6) is 0 Å². The summed E-state index contributed by atoms with van der Waals surface area (Å²) in [5.41, 5.74) is 1.39. The molecule has 0 saturated carbocycles. The van der Waals surface area contributed by atoms with Crippen molar-refractivity contribution in [2.24, 2.45) is 11.8 Å². The quantitative estimate of drug-likeness (QED) is 0.628. The summed E-state index contributed by atoms with van der Waals surface area (Å²) >= 11 is 0. The highest BCUT2D eigenvalue weighted by Crippen LogP contribution is 2.52. The van der Waals surface area contributed by atoms with Crippen LogP contribution in [-0.4, -0.2) is 36.7 Å². The number of anilines is 1. The van der Waals surface area contributed by atoms with Gasteiger partial charge in [-0.3, -0.25) is 9.59 Å². The molecule has 2 saturated heterocycles. The second kappa shape index (κ2) is 5.45. The lowest BCUT2D eigenvalue weighted by Gasteiger charge is -2.22. The van der Waals surface area contributed by atoms with Crippen molar-refractivity contribution in [2.75, 3.05) is 18.1 Å². The van der Waals surface area contributed by atoms with Crippen molar-refractivity contribution in [3.63, 3.8) is 0 Å². The molecule has 1 aromatic rings. The van der Waals surface area contributed by atoms with Gasteiger partial charge in [0, 0.05) is 5.69 Å². The highest BCUT2D eigenvalue weighted by atomic mass is 16.6. The minimum atomic E-state index is -0.692. The summed E-state index contributed by atoms with van der Waals surface area (Å²) in [5.74, 6) is -1.42. The number of carbonyl (C=O) groups is 2. The van der Waals surface area contributed by atoms with Crippen LogP contribution < -0.4 is 4.90 Å². The molecule has 3 heterocycles. The van der Waals surface area contributed by atoms with Crippen LogP contribution in [0.3, 0.4) is 0 Å². The maximum Gasteiger partial charge on any atom is 0.312 e. The molecular weight excluding hydrogens is 306 g/mol. The molecule has 24 heavy (non-hydrogen) atoms. The van der Waals surface area contributed by atoms with E-state index in [1.54, 1.807) is 11.8 Å². The number of aryl methyl sites for hydroxylation is 1. The van der Waals surface area contributed by atoms with Crippen molar-refractivity contribution in [2.45, 2.75) is 32.0 Å². The third-order valence-corrected chi connectivity index (χ3v) is 5.32. The van der Waals surface area contributed by atoms with Crippen LogP contribution in [0.1, 0.15) is 19.4 Å². The number of fused-ring (bicyclic) bond motifs is 1. The Labute approximate surface area is 141 Å². The number of hydrogen-bond acceptors (Lipinski definition) is 4. The van der Waals surface area contributed by atoms with Crippen molar-refractivity contribution in [1.29, 1.82) is 0 Å². The minimum Gasteiger partial charge on any atom is -0.466 e. The summed E-state index contributed by atoms with van der Waals surface area (Å²) in [4.78, 5) is 27.1. The first-order chi connectivity index (χ1) is 11.6. The fourth-order valence-corrected chi connectivity index (χ4v) is 4.14. The van der Waals surface area contributed by atoms with Gasteiger partial charge in [0.15, 0.2) is 0 Å². The van der Waals surface area contributed by atoms with Crippen LogP contribution >= 0.6 is 0 Å². The topological polar surface area (TPSA) is 55.8 Å². The first-order valence-electron chi connectivity index (χ1n) is 8.54. The molecule has 1 amide bonds. The number of carbonyl (C=O) groups excluding carboxylic acids is 2. The molecule has 1 aromatic carbocycles. The zero-order valence-electron chi connectivity index (χ0n) is 13.9. The summed E-state index contributed by atoms with van der Waals surface area (Å²) in [5, 5.41) is 0. The second-order valence-electron chi connectivity index (χ2n) is 6.60. The smallest absolute Gasteiger partial charge is 0.312 e. The Bertz CT molecular complexity index is 711. The minimum absolute atomic E-state index is 0.0517. The molecule has 126 valence electrons. The molecule has 0 aromatic heterocycles. The summed E-state index contributed by atoms with van der Waals surface area (Å²) in [7, 11) is 0. The monoisotopic (exact) mass is 327 g/mol. The van der Waals surface area contributed by atoms with Gasteiger partial charge in [0.05, 0.1) is 25.2 Å². The average molecular weight is 327 g/mol. The fourth-order valence-electron chi connectivity index (χ4n) is 4.14. The van der Waals surface area contributed by atoms with Crippen LogP contribution in [0.15, 0.2) is 36.4 Å². The van der Waals surface area contributed by atoms with E-state index in [0.29, 0.717) is 13.2 Å². The van der Waals surface area contributed by atoms with Gasteiger partial charge in [-0.15, -0.1) is 0 Å². The van der Waals surface area contributed by atoms with E-state index in [9.17, 15) is 9.59 Å². The first-order valence-corrected chi connectivity index (χ1v) is 8.54. The van der Waals surface area contributed by atoms with Gasteiger partial charge >= 0.3 is 5.97 Å². The summed E-state index contributed by atoms with van der Waals surface area (Å²) in [6.45, 7) is 4.63. The number of rotatable bonds is 4. The number of hydrogen-bond donors (Lipinski definition) is 0. The average Bonchev–Trinajstić information content (AvgIpc) is 3.23. The number of benzene rings is 1. The normalized spacial score (nSPS) is 33.2. The molecule has 4 atom stereocenters. The zero-order valence-corrected chi connectivity index (χ0v) is 13.9. The van der Waals surface area contributed by atoms with Gasteiger partial charge in [-0.2, -0.15) is 0 Å². The summed E-state index contributed by atoms with van der Waals surface area (Å²) < 4.78 is 11.2. The van der Waals surface area contributed by atoms with Gasteiger partial charge in [0.25, 0.3) is 0 Å². The van der Waals surface area contributed by atoms with Gasteiger partial charge in [0.2, 0.25) is 5.91 Å². The fraction of sp³-hybridized carbons (Fsp3) is 0.474. The van der Waals surface area contributed by atoms with E-state index < -0.39 is 17.4 Å².